The summed E-state index contributed by atoms with van der Waals surface area (Å²) in [6.45, 7) is 4.42. The van der Waals surface area contributed by atoms with Crippen LogP contribution in [0.5, 0.6) is 0 Å². The third kappa shape index (κ3) is 0.761. The van der Waals surface area contributed by atoms with Crippen molar-refractivity contribution in [2.24, 2.45) is 0 Å². The van der Waals surface area contributed by atoms with Crippen LogP contribution in [0, 0.1) is 0 Å². The van der Waals surface area contributed by atoms with Gasteiger partial charge >= 0.3 is 0 Å². The van der Waals surface area contributed by atoms with E-state index < -0.39 is 0 Å². The smallest absolute Gasteiger partial charge is 0.0920 e. The van der Waals surface area contributed by atoms with E-state index in [2.05, 4.69) is 38.1 Å². The molecule has 2 aliphatic heterocycles. The van der Waals surface area contributed by atoms with Gasteiger partial charge < -0.3 is 4.74 Å². The molecule has 1 aromatic carbocycles. The molecule has 0 amide bonds. The number of benzene rings is 1. The van der Waals surface area contributed by atoms with E-state index >= 15 is 0 Å². The van der Waals surface area contributed by atoms with Crippen LogP contribution in [0.15, 0.2) is 24.3 Å². The molecule has 2 atom stereocenters. The van der Waals surface area contributed by atoms with Crippen molar-refractivity contribution in [3.8, 4) is 0 Å². The van der Waals surface area contributed by atoms with Crippen molar-refractivity contribution in [1.82, 2.24) is 0 Å². The first-order valence-corrected chi connectivity index (χ1v) is 4.94. The third-order valence-electron chi connectivity index (χ3n) is 3.60. The minimum Gasteiger partial charge on any atom is -0.360 e. The van der Waals surface area contributed by atoms with Gasteiger partial charge in [-0.15, -0.1) is 0 Å². The van der Waals surface area contributed by atoms with Gasteiger partial charge in [-0.05, 0) is 37.8 Å². The van der Waals surface area contributed by atoms with Crippen LogP contribution in [0.2, 0.25) is 0 Å². The zero-order chi connectivity index (χ0) is 9.10. The van der Waals surface area contributed by atoms with Crippen molar-refractivity contribution in [3.05, 3.63) is 35.4 Å². The van der Waals surface area contributed by atoms with E-state index in [9.17, 15) is 0 Å². The molecule has 2 heterocycles. The summed E-state index contributed by atoms with van der Waals surface area (Å²) in [6.07, 6.45) is 2.33. The summed E-state index contributed by atoms with van der Waals surface area (Å²) in [7, 11) is 0. The Labute approximate surface area is 78.7 Å². The second-order valence-corrected chi connectivity index (χ2v) is 4.61. The third-order valence-corrected chi connectivity index (χ3v) is 3.60. The van der Waals surface area contributed by atoms with Crippen LogP contribution in [-0.2, 0) is 15.9 Å². The van der Waals surface area contributed by atoms with Crippen LogP contribution in [-0.4, -0.2) is 0 Å². The Morgan fingerprint density at radius 1 is 1.00 bits per heavy atom. The fraction of sp³-hybridized carbons (Fsp3) is 0.500. The van der Waals surface area contributed by atoms with E-state index in [0.717, 1.165) is 0 Å². The molecule has 0 radical (unpaired) electrons. The average Bonchev–Trinajstić information content (AvgIpc) is 2.55. The van der Waals surface area contributed by atoms with Gasteiger partial charge in [0.1, 0.15) is 0 Å². The van der Waals surface area contributed by atoms with Gasteiger partial charge in [0.05, 0.1) is 11.2 Å². The van der Waals surface area contributed by atoms with Crippen molar-refractivity contribution >= 4 is 0 Å². The molecule has 0 aliphatic carbocycles. The van der Waals surface area contributed by atoms with Crippen LogP contribution in [0.25, 0.3) is 0 Å². The lowest BCUT2D eigenvalue weighted by Gasteiger charge is -2.21. The summed E-state index contributed by atoms with van der Waals surface area (Å²) >= 11 is 0. The second-order valence-electron chi connectivity index (χ2n) is 4.61. The Bertz CT molecular complexity index is 336. The molecule has 2 aliphatic rings. The molecule has 2 bridgehead atoms. The van der Waals surface area contributed by atoms with Crippen molar-refractivity contribution in [1.29, 1.82) is 0 Å². The summed E-state index contributed by atoms with van der Waals surface area (Å²) in [5, 5.41) is 0. The van der Waals surface area contributed by atoms with E-state index in [-0.39, 0.29) is 11.2 Å². The van der Waals surface area contributed by atoms with Crippen molar-refractivity contribution in [2.75, 3.05) is 0 Å². The minimum absolute atomic E-state index is 0.00530. The van der Waals surface area contributed by atoms with Gasteiger partial charge in [-0.25, -0.2) is 0 Å². The lowest BCUT2D eigenvalue weighted by molar-refractivity contribution is -0.0662. The number of rotatable bonds is 0. The van der Waals surface area contributed by atoms with Crippen LogP contribution in [0.3, 0.4) is 0 Å². The summed E-state index contributed by atoms with van der Waals surface area (Å²) in [6, 6.07) is 8.63. The Balaban J connectivity index is 2.31. The molecule has 13 heavy (non-hydrogen) atoms. The fourth-order valence-corrected chi connectivity index (χ4v) is 2.86. The monoisotopic (exact) mass is 174 g/mol. The van der Waals surface area contributed by atoms with Gasteiger partial charge in [0.15, 0.2) is 0 Å². The lowest BCUT2D eigenvalue weighted by Crippen LogP contribution is -2.17. The van der Waals surface area contributed by atoms with Gasteiger partial charge in [-0.1, -0.05) is 24.3 Å². The standard InChI is InChI=1S/C12H14O/c1-11-7-8-12(2,13-11)10-6-4-3-5-9(10)11/h3-6H,7-8H2,1-2H3. The highest BCUT2D eigenvalue weighted by molar-refractivity contribution is 5.43. The van der Waals surface area contributed by atoms with Crippen molar-refractivity contribution < 1.29 is 4.74 Å². The topological polar surface area (TPSA) is 9.23 Å². The first kappa shape index (κ1) is 7.57. The quantitative estimate of drug-likeness (QED) is 0.587. The highest BCUT2D eigenvalue weighted by atomic mass is 16.5. The molecular weight excluding hydrogens is 160 g/mol. The second kappa shape index (κ2) is 1.98. The highest BCUT2D eigenvalue weighted by Gasteiger charge is 2.53. The number of hydrogen-bond acceptors (Lipinski definition) is 1. The maximum Gasteiger partial charge on any atom is 0.0920 e. The lowest BCUT2D eigenvalue weighted by atomic mass is 9.78. The van der Waals surface area contributed by atoms with E-state index in [1.807, 2.05) is 0 Å². The number of hydrogen-bond donors (Lipinski definition) is 0. The molecule has 1 saturated heterocycles. The van der Waals surface area contributed by atoms with Gasteiger partial charge in [0.2, 0.25) is 0 Å². The molecule has 0 spiro atoms. The van der Waals surface area contributed by atoms with E-state index in [0.29, 0.717) is 0 Å². The van der Waals surface area contributed by atoms with Gasteiger partial charge in [0, 0.05) is 0 Å². The molecule has 0 saturated carbocycles. The van der Waals surface area contributed by atoms with Gasteiger partial charge in [-0.3, -0.25) is 0 Å². The van der Waals surface area contributed by atoms with E-state index in [1.54, 1.807) is 0 Å². The maximum absolute atomic E-state index is 6.12. The molecule has 1 fully saturated rings. The largest absolute Gasteiger partial charge is 0.360 e. The first-order valence-electron chi connectivity index (χ1n) is 4.94. The van der Waals surface area contributed by atoms with Crippen LogP contribution >= 0.6 is 0 Å². The number of fused-ring (bicyclic) bond motifs is 5. The summed E-state index contributed by atoms with van der Waals surface area (Å²) < 4.78 is 6.12. The zero-order valence-electron chi connectivity index (χ0n) is 8.13. The first-order chi connectivity index (χ1) is 6.14. The molecule has 1 aromatic rings. The van der Waals surface area contributed by atoms with Crippen LogP contribution in [0.4, 0.5) is 0 Å². The van der Waals surface area contributed by atoms with Crippen molar-refractivity contribution in [3.63, 3.8) is 0 Å². The average molecular weight is 174 g/mol. The molecular formula is C12H14O. The molecule has 0 aromatic heterocycles. The van der Waals surface area contributed by atoms with E-state index in [4.69, 9.17) is 4.74 Å². The molecule has 1 nitrogen and oxygen atoms in total. The molecule has 68 valence electrons. The highest BCUT2D eigenvalue weighted by Crippen LogP contribution is 2.57. The summed E-state index contributed by atoms with van der Waals surface area (Å²) in [4.78, 5) is 0. The van der Waals surface area contributed by atoms with Crippen LogP contribution in [0.1, 0.15) is 37.8 Å². The zero-order valence-corrected chi connectivity index (χ0v) is 8.13. The number of ether oxygens (including phenoxy) is 1. The predicted octanol–water partition coefficient (Wildman–Crippen LogP) is 2.94. The normalized spacial score (nSPS) is 40.8. The Hall–Kier alpha value is -0.820. The van der Waals surface area contributed by atoms with E-state index in [1.165, 1.54) is 24.0 Å². The summed E-state index contributed by atoms with van der Waals surface area (Å²) in [5.41, 5.74) is 2.82. The fourth-order valence-electron chi connectivity index (χ4n) is 2.86. The van der Waals surface area contributed by atoms with Gasteiger partial charge in [0.25, 0.3) is 0 Å². The van der Waals surface area contributed by atoms with Crippen molar-refractivity contribution in [2.45, 2.75) is 37.9 Å². The maximum atomic E-state index is 6.12. The molecule has 3 rings (SSSR count). The minimum atomic E-state index is 0.00530. The predicted molar refractivity (Wildman–Crippen MR) is 51.5 cm³/mol. The SMILES string of the molecule is CC12CCC(C)(O1)c1ccccc12. The van der Waals surface area contributed by atoms with Crippen LogP contribution < -0.4 is 0 Å². The molecule has 1 heteroatoms. The molecule has 0 N–H and O–H groups in total. The molecule has 2 unspecified atom stereocenters. The Kier molecular flexibility index (Phi) is 1.15. The Morgan fingerprint density at radius 3 is 1.92 bits per heavy atom. The van der Waals surface area contributed by atoms with Gasteiger partial charge in [-0.2, -0.15) is 0 Å². The Morgan fingerprint density at radius 2 is 1.46 bits per heavy atom. The summed E-state index contributed by atoms with van der Waals surface area (Å²) in [5.74, 6) is 0.